The van der Waals surface area contributed by atoms with E-state index < -0.39 is 11.9 Å². The van der Waals surface area contributed by atoms with Gasteiger partial charge < -0.3 is 10.0 Å². The fourth-order valence-electron chi connectivity index (χ4n) is 2.38. The van der Waals surface area contributed by atoms with E-state index >= 15 is 0 Å². The molecule has 0 bridgehead atoms. The Morgan fingerprint density at radius 3 is 2.50 bits per heavy atom. The van der Waals surface area contributed by atoms with Crippen LogP contribution in [0.25, 0.3) is 0 Å². The minimum atomic E-state index is -0.862. The molecule has 1 unspecified atom stereocenters. The number of carboxylic acid groups (broad SMARTS) is 1. The quantitative estimate of drug-likeness (QED) is 0.919. The van der Waals surface area contributed by atoms with Gasteiger partial charge >= 0.3 is 12.0 Å². The fourth-order valence-corrected chi connectivity index (χ4v) is 2.38. The van der Waals surface area contributed by atoms with Crippen molar-refractivity contribution < 1.29 is 14.7 Å². The van der Waals surface area contributed by atoms with E-state index in [0.29, 0.717) is 18.7 Å². The first kappa shape index (κ1) is 14.4. The maximum absolute atomic E-state index is 12.3. The molecule has 2 amide bonds. The summed E-state index contributed by atoms with van der Waals surface area (Å²) in [6.07, 6.45) is 0. The molecule has 0 aromatic heterocycles. The van der Waals surface area contributed by atoms with Crippen LogP contribution in [-0.4, -0.2) is 41.1 Å². The third-order valence-corrected chi connectivity index (χ3v) is 3.72. The van der Waals surface area contributed by atoms with Gasteiger partial charge in [0.2, 0.25) is 0 Å². The van der Waals surface area contributed by atoms with Gasteiger partial charge in [0, 0.05) is 24.8 Å². The molecule has 1 aromatic carbocycles. The van der Waals surface area contributed by atoms with Crippen molar-refractivity contribution in [3.05, 3.63) is 29.8 Å². The Morgan fingerprint density at radius 2 is 1.95 bits per heavy atom. The molecule has 1 aliphatic heterocycles. The summed E-state index contributed by atoms with van der Waals surface area (Å²) in [6, 6.07) is 7.38. The number of hydrogen-bond acceptors (Lipinski definition) is 2. The van der Waals surface area contributed by atoms with Crippen molar-refractivity contribution in [3.63, 3.8) is 0 Å². The van der Waals surface area contributed by atoms with E-state index in [2.05, 4.69) is 0 Å². The molecule has 0 aliphatic carbocycles. The average molecular weight is 276 g/mol. The van der Waals surface area contributed by atoms with Crippen LogP contribution in [0, 0.1) is 0 Å². The molecule has 1 atom stereocenters. The molecule has 1 aromatic rings. The summed E-state index contributed by atoms with van der Waals surface area (Å²) >= 11 is 0. The van der Waals surface area contributed by atoms with Gasteiger partial charge in [-0.1, -0.05) is 12.1 Å². The van der Waals surface area contributed by atoms with Crippen LogP contribution < -0.4 is 4.90 Å². The van der Waals surface area contributed by atoms with Crippen LogP contribution in [0.5, 0.6) is 0 Å². The highest BCUT2D eigenvalue weighted by Crippen LogP contribution is 2.25. The SMILES string of the molecule is CC(C(=O)O)c1cccc(N2CCN(C(C)C)C2=O)c1. The number of hydrogen-bond donors (Lipinski definition) is 1. The molecule has 20 heavy (non-hydrogen) atoms. The molecule has 5 nitrogen and oxygen atoms in total. The third-order valence-electron chi connectivity index (χ3n) is 3.72. The molecular weight excluding hydrogens is 256 g/mol. The summed E-state index contributed by atoms with van der Waals surface area (Å²) < 4.78 is 0. The number of urea groups is 1. The smallest absolute Gasteiger partial charge is 0.324 e. The first-order valence-electron chi connectivity index (χ1n) is 6.82. The number of carbonyl (C=O) groups excluding carboxylic acids is 1. The Bertz CT molecular complexity index is 528. The highest BCUT2D eigenvalue weighted by Gasteiger charge is 2.31. The van der Waals surface area contributed by atoms with Gasteiger partial charge in [-0.05, 0) is 38.5 Å². The lowest BCUT2D eigenvalue weighted by atomic mass is 10.0. The lowest BCUT2D eigenvalue weighted by Gasteiger charge is -2.22. The highest BCUT2D eigenvalue weighted by molar-refractivity contribution is 5.94. The largest absolute Gasteiger partial charge is 0.481 e. The monoisotopic (exact) mass is 276 g/mol. The van der Waals surface area contributed by atoms with Gasteiger partial charge in [0.25, 0.3) is 0 Å². The molecule has 5 heteroatoms. The minimum absolute atomic E-state index is 0.0138. The number of rotatable bonds is 4. The van der Waals surface area contributed by atoms with Gasteiger partial charge in [0.05, 0.1) is 5.92 Å². The van der Waals surface area contributed by atoms with Crippen LogP contribution in [0.2, 0.25) is 0 Å². The maximum atomic E-state index is 12.3. The molecule has 1 N–H and O–H groups in total. The summed E-state index contributed by atoms with van der Waals surface area (Å²) in [4.78, 5) is 26.9. The second kappa shape index (κ2) is 5.53. The molecule has 0 radical (unpaired) electrons. The van der Waals surface area contributed by atoms with Gasteiger partial charge in [0.15, 0.2) is 0 Å². The maximum Gasteiger partial charge on any atom is 0.324 e. The summed E-state index contributed by atoms with van der Waals surface area (Å²) in [6.45, 7) is 6.97. The van der Waals surface area contributed by atoms with Crippen molar-refractivity contribution in [1.29, 1.82) is 0 Å². The molecule has 1 saturated heterocycles. The zero-order valence-corrected chi connectivity index (χ0v) is 12.0. The minimum Gasteiger partial charge on any atom is -0.481 e. The number of carbonyl (C=O) groups is 2. The number of anilines is 1. The topological polar surface area (TPSA) is 60.9 Å². The Hall–Kier alpha value is -2.04. The number of benzene rings is 1. The van der Waals surface area contributed by atoms with Crippen molar-refractivity contribution in [2.45, 2.75) is 32.7 Å². The fraction of sp³-hybridized carbons (Fsp3) is 0.467. The third kappa shape index (κ3) is 2.61. The predicted molar refractivity (Wildman–Crippen MR) is 77.1 cm³/mol. The van der Waals surface area contributed by atoms with Gasteiger partial charge in [0.1, 0.15) is 0 Å². The van der Waals surface area contributed by atoms with E-state index in [1.54, 1.807) is 30.0 Å². The molecule has 0 spiro atoms. The van der Waals surface area contributed by atoms with E-state index in [1.165, 1.54) is 0 Å². The Morgan fingerprint density at radius 1 is 1.25 bits per heavy atom. The van der Waals surface area contributed by atoms with Gasteiger partial charge in [-0.15, -0.1) is 0 Å². The molecule has 2 rings (SSSR count). The Balaban J connectivity index is 2.24. The first-order chi connectivity index (χ1) is 9.41. The molecule has 1 heterocycles. The second-order valence-electron chi connectivity index (χ2n) is 5.38. The lowest BCUT2D eigenvalue weighted by molar-refractivity contribution is -0.138. The second-order valence-corrected chi connectivity index (χ2v) is 5.38. The summed E-state index contributed by atoms with van der Waals surface area (Å²) in [5.41, 5.74) is 1.48. The molecule has 108 valence electrons. The number of carboxylic acids is 1. The van der Waals surface area contributed by atoms with E-state index in [0.717, 1.165) is 5.69 Å². The van der Waals surface area contributed by atoms with Crippen molar-refractivity contribution in [2.24, 2.45) is 0 Å². The van der Waals surface area contributed by atoms with Crippen LogP contribution >= 0.6 is 0 Å². The molecular formula is C15H20N2O3. The van der Waals surface area contributed by atoms with Crippen molar-refractivity contribution in [2.75, 3.05) is 18.0 Å². The molecule has 1 fully saturated rings. The normalized spacial score (nSPS) is 16.9. The highest BCUT2D eigenvalue weighted by atomic mass is 16.4. The zero-order chi connectivity index (χ0) is 14.9. The number of nitrogens with zero attached hydrogens (tertiary/aromatic N) is 2. The lowest BCUT2D eigenvalue weighted by Crippen LogP contribution is -2.36. The first-order valence-corrected chi connectivity index (χ1v) is 6.82. The standard InChI is InChI=1S/C15H20N2O3/c1-10(2)16-7-8-17(15(16)20)13-6-4-5-12(9-13)11(3)14(18)19/h4-6,9-11H,7-8H2,1-3H3,(H,18,19). The van der Waals surface area contributed by atoms with Crippen LogP contribution in [-0.2, 0) is 4.79 Å². The average Bonchev–Trinajstić information content (AvgIpc) is 2.80. The zero-order valence-electron chi connectivity index (χ0n) is 12.0. The van der Waals surface area contributed by atoms with E-state index in [1.807, 2.05) is 24.8 Å². The van der Waals surface area contributed by atoms with Crippen molar-refractivity contribution in [1.82, 2.24) is 4.90 Å². The van der Waals surface area contributed by atoms with Gasteiger partial charge in [-0.2, -0.15) is 0 Å². The van der Waals surface area contributed by atoms with Crippen molar-refractivity contribution >= 4 is 17.7 Å². The van der Waals surface area contributed by atoms with Gasteiger partial charge in [-0.25, -0.2) is 4.79 Å². The molecule has 1 aliphatic rings. The molecule has 0 saturated carbocycles. The predicted octanol–water partition coefficient (Wildman–Crippen LogP) is 2.53. The number of amides is 2. The summed E-state index contributed by atoms with van der Waals surface area (Å²) in [7, 11) is 0. The summed E-state index contributed by atoms with van der Waals surface area (Å²) in [5.74, 6) is -1.44. The van der Waals surface area contributed by atoms with Gasteiger partial charge in [-0.3, -0.25) is 9.69 Å². The van der Waals surface area contributed by atoms with Crippen LogP contribution in [0.3, 0.4) is 0 Å². The van der Waals surface area contributed by atoms with Crippen LogP contribution in [0.15, 0.2) is 24.3 Å². The summed E-state index contributed by atoms with van der Waals surface area (Å²) in [5, 5.41) is 9.07. The van der Waals surface area contributed by atoms with Crippen LogP contribution in [0.4, 0.5) is 10.5 Å². The Kier molecular flexibility index (Phi) is 3.97. The van der Waals surface area contributed by atoms with E-state index in [9.17, 15) is 9.59 Å². The van der Waals surface area contributed by atoms with E-state index in [-0.39, 0.29) is 12.1 Å². The van der Waals surface area contributed by atoms with Crippen LogP contribution in [0.1, 0.15) is 32.3 Å². The van der Waals surface area contributed by atoms with E-state index in [4.69, 9.17) is 5.11 Å². The number of aliphatic carboxylic acids is 1. The Labute approximate surface area is 118 Å². The van der Waals surface area contributed by atoms with Crippen molar-refractivity contribution in [3.8, 4) is 0 Å².